The van der Waals surface area contributed by atoms with E-state index in [0.29, 0.717) is 12.0 Å². The molecule has 0 aromatic heterocycles. The molecule has 4 nitrogen and oxygen atoms in total. The summed E-state index contributed by atoms with van der Waals surface area (Å²) in [4.78, 5) is 17.8. The SMILES string of the molecule is CN1CCC(C)(CN(C)CC(=O)N(C)C)CC1. The molecule has 0 aliphatic carbocycles. The van der Waals surface area contributed by atoms with Crippen LogP contribution in [-0.2, 0) is 4.79 Å². The van der Waals surface area contributed by atoms with E-state index >= 15 is 0 Å². The fourth-order valence-corrected chi connectivity index (χ4v) is 2.40. The van der Waals surface area contributed by atoms with Crippen molar-refractivity contribution in [3.8, 4) is 0 Å². The zero-order valence-corrected chi connectivity index (χ0v) is 12.0. The molecule has 17 heavy (non-hydrogen) atoms. The maximum atomic E-state index is 11.6. The van der Waals surface area contributed by atoms with E-state index < -0.39 is 0 Å². The first-order chi connectivity index (χ1) is 7.82. The Balaban J connectivity index is 2.39. The van der Waals surface area contributed by atoms with Gasteiger partial charge in [0.05, 0.1) is 6.54 Å². The van der Waals surface area contributed by atoms with E-state index in [1.54, 1.807) is 4.90 Å². The molecule has 0 saturated carbocycles. The summed E-state index contributed by atoms with van der Waals surface area (Å²) < 4.78 is 0. The maximum Gasteiger partial charge on any atom is 0.236 e. The molecule has 0 radical (unpaired) electrons. The lowest BCUT2D eigenvalue weighted by atomic mass is 9.80. The van der Waals surface area contributed by atoms with Gasteiger partial charge in [0, 0.05) is 20.6 Å². The summed E-state index contributed by atoms with van der Waals surface area (Å²) >= 11 is 0. The summed E-state index contributed by atoms with van der Waals surface area (Å²) in [7, 11) is 7.85. The van der Waals surface area contributed by atoms with Crippen LogP contribution in [0.5, 0.6) is 0 Å². The van der Waals surface area contributed by atoms with Gasteiger partial charge in [0.2, 0.25) is 5.91 Å². The van der Waals surface area contributed by atoms with Gasteiger partial charge >= 0.3 is 0 Å². The number of piperidine rings is 1. The quantitative estimate of drug-likeness (QED) is 0.726. The molecule has 1 rings (SSSR count). The summed E-state index contributed by atoms with van der Waals surface area (Å²) in [5.41, 5.74) is 0.369. The van der Waals surface area contributed by atoms with E-state index in [2.05, 4.69) is 23.8 Å². The molecule has 1 fully saturated rings. The third-order valence-electron chi connectivity index (χ3n) is 3.75. The number of nitrogens with zero attached hydrogens (tertiary/aromatic N) is 3. The molecule has 1 amide bonds. The van der Waals surface area contributed by atoms with Crippen LogP contribution in [0.4, 0.5) is 0 Å². The Labute approximate surface area is 106 Å². The highest BCUT2D eigenvalue weighted by Gasteiger charge is 2.30. The largest absolute Gasteiger partial charge is 0.348 e. The second-order valence-electron chi connectivity index (χ2n) is 6.07. The van der Waals surface area contributed by atoms with Crippen LogP contribution < -0.4 is 0 Å². The average molecular weight is 241 g/mol. The summed E-state index contributed by atoms with van der Waals surface area (Å²) in [6.07, 6.45) is 2.45. The van der Waals surface area contributed by atoms with Gasteiger partial charge in [-0.2, -0.15) is 0 Å². The van der Waals surface area contributed by atoms with Crippen LogP contribution in [-0.4, -0.2) is 75.0 Å². The van der Waals surface area contributed by atoms with Gasteiger partial charge in [-0.25, -0.2) is 0 Å². The van der Waals surface area contributed by atoms with Crippen LogP contribution in [0.25, 0.3) is 0 Å². The van der Waals surface area contributed by atoms with Crippen LogP contribution in [0, 0.1) is 5.41 Å². The average Bonchev–Trinajstić information content (AvgIpc) is 2.22. The topological polar surface area (TPSA) is 26.8 Å². The number of amides is 1. The molecule has 1 aliphatic rings. The molecule has 100 valence electrons. The van der Waals surface area contributed by atoms with Gasteiger partial charge in [-0.15, -0.1) is 0 Å². The molecule has 0 bridgehead atoms. The summed E-state index contributed by atoms with van der Waals surface area (Å²) in [5.74, 6) is 0.184. The van der Waals surface area contributed by atoms with Crippen LogP contribution in [0.3, 0.4) is 0 Å². The van der Waals surface area contributed by atoms with Crippen molar-refractivity contribution in [2.24, 2.45) is 5.41 Å². The molecule has 0 aromatic carbocycles. The van der Waals surface area contributed by atoms with E-state index in [-0.39, 0.29) is 5.91 Å². The van der Waals surface area contributed by atoms with Gasteiger partial charge in [-0.05, 0) is 45.4 Å². The van der Waals surface area contributed by atoms with Gasteiger partial charge < -0.3 is 9.80 Å². The van der Waals surface area contributed by atoms with Crippen molar-refractivity contribution in [1.82, 2.24) is 14.7 Å². The minimum Gasteiger partial charge on any atom is -0.348 e. The maximum absolute atomic E-state index is 11.6. The van der Waals surface area contributed by atoms with Crippen molar-refractivity contribution in [3.05, 3.63) is 0 Å². The first kappa shape index (κ1) is 14.5. The lowest BCUT2D eigenvalue weighted by Gasteiger charge is -2.40. The van der Waals surface area contributed by atoms with Crippen molar-refractivity contribution < 1.29 is 4.79 Å². The van der Waals surface area contributed by atoms with Crippen LogP contribution in [0.2, 0.25) is 0 Å². The van der Waals surface area contributed by atoms with E-state index in [4.69, 9.17) is 0 Å². The smallest absolute Gasteiger partial charge is 0.236 e. The minimum absolute atomic E-state index is 0.184. The van der Waals surface area contributed by atoms with Gasteiger partial charge in [-0.3, -0.25) is 9.69 Å². The number of carbonyl (C=O) groups excluding carboxylic acids is 1. The standard InChI is InChI=1S/C13H27N3O/c1-13(6-8-15(4)9-7-13)11-16(5)10-12(17)14(2)3/h6-11H2,1-5H3. The lowest BCUT2D eigenvalue weighted by molar-refractivity contribution is -0.129. The highest BCUT2D eigenvalue weighted by Crippen LogP contribution is 2.30. The van der Waals surface area contributed by atoms with Gasteiger partial charge in [0.15, 0.2) is 0 Å². The molecular weight excluding hydrogens is 214 g/mol. The zero-order chi connectivity index (χ0) is 13.1. The third kappa shape index (κ3) is 4.64. The Hall–Kier alpha value is -0.610. The summed E-state index contributed by atoms with van der Waals surface area (Å²) in [6, 6.07) is 0. The van der Waals surface area contributed by atoms with Crippen molar-refractivity contribution in [3.63, 3.8) is 0 Å². The molecule has 0 atom stereocenters. The second-order valence-corrected chi connectivity index (χ2v) is 6.07. The van der Waals surface area contributed by atoms with Gasteiger partial charge in [0.25, 0.3) is 0 Å². The predicted octanol–water partition coefficient (Wildman–Crippen LogP) is 0.738. The molecule has 0 unspecified atom stereocenters. The lowest BCUT2D eigenvalue weighted by Crippen LogP contribution is -2.44. The molecular formula is C13H27N3O. The second kappa shape index (κ2) is 5.83. The molecule has 0 aromatic rings. The Bertz CT molecular complexity index is 257. The van der Waals surface area contributed by atoms with E-state index in [1.165, 1.54) is 25.9 Å². The van der Waals surface area contributed by atoms with E-state index in [9.17, 15) is 4.79 Å². The van der Waals surface area contributed by atoms with Crippen molar-refractivity contribution in [1.29, 1.82) is 0 Å². The normalized spacial score (nSPS) is 20.6. The highest BCUT2D eigenvalue weighted by atomic mass is 16.2. The Kier molecular flexibility index (Phi) is 4.95. The number of hydrogen-bond donors (Lipinski definition) is 0. The Morgan fingerprint density at radius 1 is 1.24 bits per heavy atom. The van der Waals surface area contributed by atoms with E-state index in [0.717, 1.165) is 6.54 Å². The van der Waals surface area contributed by atoms with Gasteiger partial charge in [-0.1, -0.05) is 6.92 Å². The molecule has 1 saturated heterocycles. The first-order valence-corrected chi connectivity index (χ1v) is 6.40. The first-order valence-electron chi connectivity index (χ1n) is 6.40. The monoisotopic (exact) mass is 241 g/mol. The number of carbonyl (C=O) groups is 1. The van der Waals surface area contributed by atoms with Crippen molar-refractivity contribution in [2.45, 2.75) is 19.8 Å². The van der Waals surface area contributed by atoms with Crippen LogP contribution in [0.1, 0.15) is 19.8 Å². The van der Waals surface area contributed by atoms with Crippen molar-refractivity contribution in [2.75, 3.05) is 54.4 Å². The number of rotatable bonds is 4. The molecule has 0 spiro atoms. The molecule has 4 heteroatoms. The fourth-order valence-electron chi connectivity index (χ4n) is 2.40. The number of hydrogen-bond acceptors (Lipinski definition) is 3. The third-order valence-corrected chi connectivity index (χ3v) is 3.75. The summed E-state index contributed by atoms with van der Waals surface area (Å²) in [6.45, 7) is 6.23. The van der Waals surface area contributed by atoms with Crippen molar-refractivity contribution >= 4 is 5.91 Å². The Morgan fingerprint density at radius 3 is 2.24 bits per heavy atom. The van der Waals surface area contributed by atoms with Crippen LogP contribution >= 0.6 is 0 Å². The highest BCUT2D eigenvalue weighted by molar-refractivity contribution is 5.77. The number of likely N-dealkylation sites (tertiary alicyclic amines) is 1. The molecule has 1 aliphatic heterocycles. The molecule has 1 heterocycles. The van der Waals surface area contributed by atoms with E-state index in [1.807, 2.05) is 21.1 Å². The molecule has 0 N–H and O–H groups in total. The number of likely N-dealkylation sites (N-methyl/N-ethyl adjacent to an activating group) is 2. The summed E-state index contributed by atoms with van der Waals surface area (Å²) in [5, 5.41) is 0. The predicted molar refractivity (Wildman–Crippen MR) is 71.0 cm³/mol. The fraction of sp³-hybridized carbons (Fsp3) is 0.923. The zero-order valence-electron chi connectivity index (χ0n) is 12.0. The minimum atomic E-state index is 0.184. The van der Waals surface area contributed by atoms with Crippen LogP contribution in [0.15, 0.2) is 0 Å². The Morgan fingerprint density at radius 2 is 1.76 bits per heavy atom. The van der Waals surface area contributed by atoms with Gasteiger partial charge in [0.1, 0.15) is 0 Å².